The number of hydrogen-bond donors (Lipinski definition) is 1. The minimum Gasteiger partial charge on any atom is -0.368 e. The Morgan fingerprint density at radius 1 is 0.829 bits per heavy atom. The van der Waals surface area contributed by atoms with Gasteiger partial charge in [0.25, 0.3) is 0 Å². The molecule has 1 aliphatic heterocycles. The minimum absolute atomic E-state index is 0.821. The molecule has 182 valence electrons. The smallest absolute Gasteiger partial charge is 0.142 e. The van der Waals surface area contributed by atoms with Gasteiger partial charge in [0.15, 0.2) is 0 Å². The highest BCUT2D eigenvalue weighted by Gasteiger charge is 2.20. The number of aromatic nitrogens is 2. The third kappa shape index (κ3) is 5.81. The van der Waals surface area contributed by atoms with Crippen molar-refractivity contribution in [2.24, 2.45) is 5.73 Å². The molecule has 0 unspecified atom stereocenters. The summed E-state index contributed by atoms with van der Waals surface area (Å²) in [6.45, 7) is 12.1. The lowest BCUT2D eigenvalue weighted by Crippen LogP contribution is -2.46. The number of pyridine rings is 1. The molecule has 1 aliphatic rings. The third-order valence-electron chi connectivity index (χ3n) is 6.76. The van der Waals surface area contributed by atoms with Crippen LogP contribution < -0.4 is 10.6 Å². The van der Waals surface area contributed by atoms with Crippen LogP contribution in [0.15, 0.2) is 79.6 Å². The summed E-state index contributed by atoms with van der Waals surface area (Å²) in [5.74, 6) is 0. The van der Waals surface area contributed by atoms with E-state index in [4.69, 9.17) is 4.98 Å². The molecular weight excluding hydrogens is 430 g/mol. The van der Waals surface area contributed by atoms with E-state index in [2.05, 4.69) is 100 Å². The highest BCUT2D eigenvalue weighted by molar-refractivity contribution is 5.90. The second-order valence-corrected chi connectivity index (χ2v) is 8.89. The highest BCUT2D eigenvalue weighted by atomic mass is 15.3. The molecule has 0 spiro atoms. The van der Waals surface area contributed by atoms with E-state index in [-0.39, 0.29) is 0 Å². The first-order valence-electron chi connectivity index (χ1n) is 12.5. The topological polar surface area (TPSA) is 50.3 Å². The zero-order valence-corrected chi connectivity index (χ0v) is 21.0. The van der Waals surface area contributed by atoms with Crippen molar-refractivity contribution in [1.82, 2.24) is 14.5 Å². The molecule has 1 saturated heterocycles. The molecule has 35 heavy (non-hydrogen) atoms. The molecular formula is C30H37N5. The molecule has 1 fully saturated rings. The summed E-state index contributed by atoms with van der Waals surface area (Å²) < 4.78 is 2.25. The summed E-state index contributed by atoms with van der Waals surface area (Å²) in [4.78, 5) is 9.80. The van der Waals surface area contributed by atoms with Crippen molar-refractivity contribution in [3.63, 3.8) is 0 Å². The van der Waals surface area contributed by atoms with Crippen LogP contribution in [-0.2, 0) is 19.5 Å². The predicted octanol–water partition coefficient (Wildman–Crippen LogP) is 5.19. The Morgan fingerprint density at radius 2 is 1.46 bits per heavy atom. The normalized spacial score (nSPS) is 14.0. The summed E-state index contributed by atoms with van der Waals surface area (Å²) in [7, 11) is 1.50. The van der Waals surface area contributed by atoms with Crippen molar-refractivity contribution in [2.45, 2.75) is 26.4 Å². The van der Waals surface area contributed by atoms with Gasteiger partial charge < -0.3 is 15.2 Å². The molecule has 2 aromatic heterocycles. The molecule has 4 aromatic rings. The second-order valence-electron chi connectivity index (χ2n) is 8.89. The standard InChI is InChI=1S/C29H32N4.CH5N/c1-3-23-5-9-25(10-6-23)21-31-17-19-32(20-18-31)28-13-15-30-29-27(28)14-16-33(29)22-26-11-7-24(4-2)8-12-26;1-2/h4-16H,2-3,17-22H2,1H3;2H2,1H3. The van der Waals surface area contributed by atoms with E-state index in [0.29, 0.717) is 0 Å². The zero-order chi connectivity index (χ0) is 24.6. The lowest BCUT2D eigenvalue weighted by Gasteiger charge is -2.36. The number of hydrogen-bond acceptors (Lipinski definition) is 4. The van der Waals surface area contributed by atoms with Crippen LogP contribution in [0.4, 0.5) is 5.69 Å². The first-order valence-corrected chi connectivity index (χ1v) is 12.5. The number of nitrogens with zero attached hydrogens (tertiary/aromatic N) is 4. The lowest BCUT2D eigenvalue weighted by atomic mass is 10.1. The van der Waals surface area contributed by atoms with E-state index in [0.717, 1.165) is 56.9 Å². The van der Waals surface area contributed by atoms with Crippen LogP contribution in [0, 0.1) is 0 Å². The average Bonchev–Trinajstić information content (AvgIpc) is 3.34. The maximum absolute atomic E-state index is 4.72. The number of aryl methyl sites for hydroxylation is 1. The molecule has 5 rings (SSSR count). The molecule has 5 nitrogen and oxygen atoms in total. The van der Waals surface area contributed by atoms with Gasteiger partial charge in [-0.25, -0.2) is 4.98 Å². The third-order valence-corrected chi connectivity index (χ3v) is 6.76. The number of rotatable bonds is 7. The SMILES string of the molecule is C=Cc1ccc(Cn2ccc3c(N4CCN(Cc5ccc(CC)cc5)CC4)ccnc32)cc1.CN. The first kappa shape index (κ1) is 24.7. The summed E-state index contributed by atoms with van der Waals surface area (Å²) in [5, 5.41) is 1.24. The summed E-state index contributed by atoms with van der Waals surface area (Å²) in [6.07, 6.45) is 7.10. The zero-order valence-electron chi connectivity index (χ0n) is 21.0. The van der Waals surface area contributed by atoms with Gasteiger partial charge in [-0.3, -0.25) is 4.90 Å². The van der Waals surface area contributed by atoms with Gasteiger partial charge in [-0.05, 0) is 47.9 Å². The number of nitrogens with two attached hydrogens (primary N) is 1. The molecule has 0 saturated carbocycles. The van der Waals surface area contributed by atoms with Crippen LogP contribution in [0.3, 0.4) is 0 Å². The number of anilines is 1. The molecule has 0 atom stereocenters. The van der Waals surface area contributed by atoms with Crippen LogP contribution in [-0.4, -0.2) is 47.7 Å². The Morgan fingerprint density at radius 3 is 2.11 bits per heavy atom. The molecule has 0 bridgehead atoms. The predicted molar refractivity (Wildman–Crippen MR) is 149 cm³/mol. The Labute approximate surface area is 209 Å². The van der Waals surface area contributed by atoms with Gasteiger partial charge in [-0.2, -0.15) is 0 Å². The Balaban J connectivity index is 0.00000141. The van der Waals surface area contributed by atoms with Gasteiger partial charge in [0.1, 0.15) is 5.65 Å². The van der Waals surface area contributed by atoms with Gasteiger partial charge in [-0.1, -0.05) is 68.1 Å². The Hall–Kier alpha value is -3.41. The minimum atomic E-state index is 0.821. The molecule has 0 amide bonds. The summed E-state index contributed by atoms with van der Waals surface area (Å²) in [5.41, 5.74) is 12.1. The highest BCUT2D eigenvalue weighted by Crippen LogP contribution is 2.28. The first-order chi connectivity index (χ1) is 17.2. The van der Waals surface area contributed by atoms with Crippen LogP contribution in [0.1, 0.15) is 29.2 Å². The van der Waals surface area contributed by atoms with E-state index in [1.165, 1.54) is 34.8 Å². The molecule has 0 aliphatic carbocycles. The summed E-state index contributed by atoms with van der Waals surface area (Å²) >= 11 is 0. The molecule has 2 aromatic carbocycles. The van der Waals surface area contributed by atoms with Gasteiger partial charge in [0.05, 0.1) is 0 Å². The van der Waals surface area contributed by atoms with Gasteiger partial charge in [0, 0.05) is 62.7 Å². The largest absolute Gasteiger partial charge is 0.368 e. The van der Waals surface area contributed by atoms with Gasteiger partial charge in [-0.15, -0.1) is 0 Å². The van der Waals surface area contributed by atoms with Crippen molar-refractivity contribution in [2.75, 3.05) is 38.1 Å². The molecule has 2 N–H and O–H groups in total. The molecule has 0 radical (unpaired) electrons. The number of fused-ring (bicyclic) bond motifs is 1. The monoisotopic (exact) mass is 467 g/mol. The van der Waals surface area contributed by atoms with E-state index in [1.807, 2.05) is 12.3 Å². The van der Waals surface area contributed by atoms with Crippen molar-refractivity contribution in [3.05, 3.63) is 102 Å². The Bertz CT molecular complexity index is 1220. The molecule has 5 heteroatoms. The fraction of sp³-hybridized carbons (Fsp3) is 0.300. The number of piperazine rings is 1. The average molecular weight is 468 g/mol. The van der Waals surface area contributed by atoms with Gasteiger partial charge >= 0.3 is 0 Å². The van der Waals surface area contributed by atoms with Crippen LogP contribution >= 0.6 is 0 Å². The number of benzene rings is 2. The fourth-order valence-electron chi connectivity index (χ4n) is 4.72. The van der Waals surface area contributed by atoms with E-state index in [9.17, 15) is 0 Å². The maximum Gasteiger partial charge on any atom is 0.142 e. The van der Waals surface area contributed by atoms with Crippen molar-refractivity contribution in [1.29, 1.82) is 0 Å². The van der Waals surface area contributed by atoms with E-state index < -0.39 is 0 Å². The maximum atomic E-state index is 4.72. The fourth-order valence-corrected chi connectivity index (χ4v) is 4.72. The van der Waals surface area contributed by atoms with E-state index >= 15 is 0 Å². The van der Waals surface area contributed by atoms with Crippen LogP contribution in [0.2, 0.25) is 0 Å². The molecule has 3 heterocycles. The van der Waals surface area contributed by atoms with Crippen LogP contribution in [0.5, 0.6) is 0 Å². The van der Waals surface area contributed by atoms with E-state index in [1.54, 1.807) is 0 Å². The summed E-state index contributed by atoms with van der Waals surface area (Å²) in [6, 6.07) is 22.0. The van der Waals surface area contributed by atoms with Gasteiger partial charge in [0.2, 0.25) is 0 Å². The second kappa shape index (κ2) is 11.8. The van der Waals surface area contributed by atoms with Crippen molar-refractivity contribution in [3.8, 4) is 0 Å². The Kier molecular flexibility index (Phi) is 8.35. The quantitative estimate of drug-likeness (QED) is 0.407. The van der Waals surface area contributed by atoms with Crippen LogP contribution in [0.25, 0.3) is 17.1 Å². The lowest BCUT2D eigenvalue weighted by molar-refractivity contribution is 0.250. The van der Waals surface area contributed by atoms with Crippen molar-refractivity contribution >= 4 is 22.8 Å². The van der Waals surface area contributed by atoms with Crippen molar-refractivity contribution < 1.29 is 0 Å².